The Kier molecular flexibility index (Phi) is 4.59. The maximum atomic E-state index is 13.4. The summed E-state index contributed by atoms with van der Waals surface area (Å²) in [5.74, 6) is -0.0651. The Morgan fingerprint density at radius 3 is 2.89 bits per heavy atom. The number of hydrogen-bond acceptors (Lipinski definition) is 3. The Balaban J connectivity index is 2.27. The van der Waals surface area contributed by atoms with E-state index in [2.05, 4.69) is 15.9 Å². The number of aliphatic hydroxyl groups is 1. The first-order valence-electron chi connectivity index (χ1n) is 5.96. The molecular formula is C13H16BrFO3. The van der Waals surface area contributed by atoms with E-state index < -0.39 is 11.9 Å². The fourth-order valence-corrected chi connectivity index (χ4v) is 2.53. The molecule has 1 aromatic carbocycles. The van der Waals surface area contributed by atoms with Gasteiger partial charge in [-0.1, -0.05) is 0 Å². The minimum absolute atomic E-state index is 0.245. The summed E-state index contributed by atoms with van der Waals surface area (Å²) in [5.41, 5.74) is 0.553. The van der Waals surface area contributed by atoms with Gasteiger partial charge in [-0.05, 0) is 41.3 Å². The summed E-state index contributed by atoms with van der Waals surface area (Å²) in [5, 5.41) is 10.3. The third-order valence-corrected chi connectivity index (χ3v) is 3.77. The van der Waals surface area contributed by atoms with E-state index in [0.717, 1.165) is 19.3 Å². The molecule has 1 aromatic rings. The molecule has 1 aliphatic rings. The minimum Gasteiger partial charge on any atom is -0.496 e. The van der Waals surface area contributed by atoms with Crippen molar-refractivity contribution < 1.29 is 19.0 Å². The maximum absolute atomic E-state index is 13.4. The van der Waals surface area contributed by atoms with Crippen LogP contribution in [0.5, 0.6) is 5.75 Å². The van der Waals surface area contributed by atoms with E-state index in [9.17, 15) is 9.50 Å². The molecule has 5 heteroatoms. The predicted molar refractivity (Wildman–Crippen MR) is 69.2 cm³/mol. The van der Waals surface area contributed by atoms with Gasteiger partial charge in [0.05, 0.1) is 17.7 Å². The quantitative estimate of drug-likeness (QED) is 0.930. The molecule has 1 fully saturated rings. The van der Waals surface area contributed by atoms with Crippen LogP contribution in [0.15, 0.2) is 16.6 Å². The number of halogens is 2. The molecular weight excluding hydrogens is 303 g/mol. The van der Waals surface area contributed by atoms with E-state index in [1.54, 1.807) is 6.07 Å². The predicted octanol–water partition coefficient (Wildman–Crippen LogP) is 3.20. The molecule has 0 aromatic heterocycles. The second-order valence-electron chi connectivity index (χ2n) is 4.36. The molecule has 0 saturated carbocycles. The van der Waals surface area contributed by atoms with Crippen LogP contribution in [0.25, 0.3) is 0 Å². The van der Waals surface area contributed by atoms with E-state index >= 15 is 0 Å². The van der Waals surface area contributed by atoms with Crippen LogP contribution in [0.3, 0.4) is 0 Å². The third kappa shape index (κ3) is 2.84. The minimum atomic E-state index is -0.794. The lowest BCUT2D eigenvalue weighted by molar-refractivity contribution is -0.0640. The molecule has 2 rings (SSSR count). The first-order valence-corrected chi connectivity index (χ1v) is 6.75. The van der Waals surface area contributed by atoms with Crippen molar-refractivity contribution in [3.63, 3.8) is 0 Å². The number of rotatable bonds is 3. The first-order chi connectivity index (χ1) is 8.63. The van der Waals surface area contributed by atoms with Crippen LogP contribution in [0.4, 0.5) is 4.39 Å². The van der Waals surface area contributed by atoms with Crippen molar-refractivity contribution >= 4 is 15.9 Å². The zero-order chi connectivity index (χ0) is 13.1. The van der Waals surface area contributed by atoms with Gasteiger partial charge in [-0.25, -0.2) is 4.39 Å². The summed E-state index contributed by atoms with van der Waals surface area (Å²) in [6.07, 6.45) is 1.82. The fourth-order valence-electron chi connectivity index (χ4n) is 2.17. The lowest BCUT2D eigenvalue weighted by Gasteiger charge is -2.28. The van der Waals surface area contributed by atoms with Gasteiger partial charge < -0.3 is 14.6 Å². The molecule has 0 aliphatic carbocycles. The lowest BCUT2D eigenvalue weighted by Crippen LogP contribution is -2.26. The van der Waals surface area contributed by atoms with Gasteiger partial charge in [0.2, 0.25) is 0 Å². The molecule has 2 unspecified atom stereocenters. The Morgan fingerprint density at radius 2 is 2.28 bits per heavy atom. The van der Waals surface area contributed by atoms with Gasteiger partial charge in [-0.2, -0.15) is 0 Å². The standard InChI is InChI=1S/C13H16BrFO3/c1-17-12-7-10(15)9(14)6-8(12)13(16)11-4-2-3-5-18-11/h6-7,11,13,16H,2-5H2,1H3. The van der Waals surface area contributed by atoms with Crippen molar-refractivity contribution in [3.05, 3.63) is 28.0 Å². The molecule has 0 bridgehead atoms. The normalized spacial score (nSPS) is 21.7. The second kappa shape index (κ2) is 5.99. The van der Waals surface area contributed by atoms with Gasteiger partial charge in [0.1, 0.15) is 17.7 Å². The number of methoxy groups -OCH3 is 1. The van der Waals surface area contributed by atoms with E-state index in [-0.39, 0.29) is 6.10 Å². The van der Waals surface area contributed by atoms with Crippen LogP contribution in [0.1, 0.15) is 30.9 Å². The molecule has 3 nitrogen and oxygen atoms in total. The van der Waals surface area contributed by atoms with Crippen molar-refractivity contribution in [2.24, 2.45) is 0 Å². The summed E-state index contributed by atoms with van der Waals surface area (Å²) < 4.78 is 24.4. The molecule has 1 aliphatic heterocycles. The summed E-state index contributed by atoms with van der Waals surface area (Å²) in [6, 6.07) is 2.82. The van der Waals surface area contributed by atoms with Crippen LogP contribution in [-0.2, 0) is 4.74 Å². The average molecular weight is 319 g/mol. The van der Waals surface area contributed by atoms with Crippen LogP contribution >= 0.6 is 15.9 Å². The summed E-state index contributed by atoms with van der Waals surface area (Å²) in [7, 11) is 1.46. The van der Waals surface area contributed by atoms with Crippen LogP contribution in [0, 0.1) is 5.82 Å². The van der Waals surface area contributed by atoms with Crippen molar-refractivity contribution in [2.45, 2.75) is 31.5 Å². The molecule has 0 spiro atoms. The smallest absolute Gasteiger partial charge is 0.141 e. The number of hydrogen-bond donors (Lipinski definition) is 1. The molecule has 100 valence electrons. The molecule has 1 saturated heterocycles. The van der Waals surface area contributed by atoms with Crippen molar-refractivity contribution in [1.82, 2.24) is 0 Å². The highest BCUT2D eigenvalue weighted by Gasteiger charge is 2.27. The van der Waals surface area contributed by atoms with E-state index in [1.807, 2.05) is 0 Å². The number of benzene rings is 1. The maximum Gasteiger partial charge on any atom is 0.141 e. The van der Waals surface area contributed by atoms with Gasteiger partial charge in [0, 0.05) is 18.2 Å². The Labute approximate surface area is 114 Å². The molecule has 2 atom stereocenters. The van der Waals surface area contributed by atoms with E-state index in [4.69, 9.17) is 9.47 Å². The largest absolute Gasteiger partial charge is 0.496 e. The van der Waals surface area contributed by atoms with Crippen molar-refractivity contribution in [2.75, 3.05) is 13.7 Å². The third-order valence-electron chi connectivity index (χ3n) is 3.16. The van der Waals surface area contributed by atoms with Crippen LogP contribution < -0.4 is 4.74 Å². The molecule has 1 N–H and O–H groups in total. The SMILES string of the molecule is COc1cc(F)c(Br)cc1C(O)C1CCCCO1. The Morgan fingerprint density at radius 1 is 1.50 bits per heavy atom. The van der Waals surface area contributed by atoms with Gasteiger partial charge in [-0.3, -0.25) is 0 Å². The van der Waals surface area contributed by atoms with Crippen LogP contribution in [-0.4, -0.2) is 24.9 Å². The average Bonchev–Trinajstić information content (AvgIpc) is 2.41. The van der Waals surface area contributed by atoms with Crippen molar-refractivity contribution in [1.29, 1.82) is 0 Å². The summed E-state index contributed by atoms with van der Waals surface area (Å²) >= 11 is 3.12. The number of aliphatic hydroxyl groups excluding tert-OH is 1. The van der Waals surface area contributed by atoms with Gasteiger partial charge in [0.15, 0.2) is 0 Å². The first kappa shape index (κ1) is 13.8. The van der Waals surface area contributed by atoms with Gasteiger partial charge in [-0.15, -0.1) is 0 Å². The highest BCUT2D eigenvalue weighted by molar-refractivity contribution is 9.10. The van der Waals surface area contributed by atoms with Crippen molar-refractivity contribution in [3.8, 4) is 5.75 Å². The highest BCUT2D eigenvalue weighted by atomic mass is 79.9. The molecule has 1 heterocycles. The van der Waals surface area contributed by atoms with Gasteiger partial charge in [0.25, 0.3) is 0 Å². The van der Waals surface area contributed by atoms with E-state index in [0.29, 0.717) is 22.4 Å². The Hall–Kier alpha value is -0.650. The zero-order valence-electron chi connectivity index (χ0n) is 10.2. The molecule has 0 amide bonds. The lowest BCUT2D eigenvalue weighted by atomic mass is 9.97. The van der Waals surface area contributed by atoms with Crippen LogP contribution in [0.2, 0.25) is 0 Å². The fraction of sp³-hybridized carbons (Fsp3) is 0.538. The summed E-state index contributed by atoms with van der Waals surface area (Å²) in [4.78, 5) is 0. The highest BCUT2D eigenvalue weighted by Crippen LogP contribution is 2.35. The summed E-state index contributed by atoms with van der Waals surface area (Å²) in [6.45, 7) is 0.659. The molecule has 18 heavy (non-hydrogen) atoms. The molecule has 0 radical (unpaired) electrons. The van der Waals surface area contributed by atoms with Gasteiger partial charge >= 0.3 is 0 Å². The zero-order valence-corrected chi connectivity index (χ0v) is 11.7. The Bertz CT molecular complexity index is 419. The topological polar surface area (TPSA) is 38.7 Å². The number of ether oxygens (including phenoxy) is 2. The van der Waals surface area contributed by atoms with E-state index in [1.165, 1.54) is 13.2 Å². The second-order valence-corrected chi connectivity index (χ2v) is 5.21. The monoisotopic (exact) mass is 318 g/mol.